The van der Waals surface area contributed by atoms with E-state index in [1.807, 2.05) is 32.9 Å². The van der Waals surface area contributed by atoms with Gasteiger partial charge in [-0.15, -0.1) is 0 Å². The van der Waals surface area contributed by atoms with E-state index in [-0.39, 0.29) is 5.91 Å². The van der Waals surface area contributed by atoms with Gasteiger partial charge in [0.1, 0.15) is 5.69 Å². The second-order valence-corrected chi connectivity index (χ2v) is 6.82. The summed E-state index contributed by atoms with van der Waals surface area (Å²) >= 11 is 12.3. The first-order valence-electron chi connectivity index (χ1n) is 7.51. The number of rotatable bonds is 2. The number of nitrogens with one attached hydrogen (secondary N) is 1. The molecule has 0 fully saturated rings. The number of fused-ring (bicyclic) bond motifs is 1. The molecule has 0 unspecified atom stereocenters. The Morgan fingerprint density at radius 3 is 2.33 bits per heavy atom. The number of halogens is 2. The fourth-order valence-electron chi connectivity index (χ4n) is 3.01. The molecule has 0 aliphatic heterocycles. The van der Waals surface area contributed by atoms with Crippen molar-refractivity contribution in [3.63, 3.8) is 0 Å². The van der Waals surface area contributed by atoms with Crippen LogP contribution in [0, 0.1) is 27.7 Å². The third kappa shape index (κ3) is 2.87. The number of hydrogen-bond donors (Lipinski definition) is 1. The lowest BCUT2D eigenvalue weighted by Gasteiger charge is -2.13. The number of hydrogen-bond acceptors (Lipinski definition) is 2. The lowest BCUT2D eigenvalue weighted by molar-refractivity contribution is 0.102. The zero-order valence-electron chi connectivity index (χ0n) is 13.9. The van der Waals surface area contributed by atoms with E-state index >= 15 is 0 Å². The van der Waals surface area contributed by atoms with Crippen molar-refractivity contribution in [1.82, 2.24) is 9.38 Å². The Labute approximate surface area is 150 Å². The second-order valence-electron chi connectivity index (χ2n) is 5.97. The van der Waals surface area contributed by atoms with Crippen LogP contribution < -0.4 is 5.32 Å². The highest BCUT2D eigenvalue weighted by molar-refractivity contribution is 6.36. The molecule has 0 aliphatic rings. The summed E-state index contributed by atoms with van der Waals surface area (Å²) in [5, 5.41) is 3.85. The van der Waals surface area contributed by atoms with Gasteiger partial charge in [0.15, 0.2) is 5.65 Å². The van der Waals surface area contributed by atoms with Crippen LogP contribution in [0.5, 0.6) is 0 Å². The van der Waals surface area contributed by atoms with Crippen molar-refractivity contribution >= 4 is 40.4 Å². The van der Waals surface area contributed by atoms with Crippen molar-refractivity contribution in [2.75, 3.05) is 5.32 Å². The molecule has 124 valence electrons. The number of amides is 1. The van der Waals surface area contributed by atoms with Crippen LogP contribution in [-0.2, 0) is 0 Å². The molecule has 3 rings (SSSR count). The van der Waals surface area contributed by atoms with E-state index in [1.165, 1.54) is 0 Å². The quantitative estimate of drug-likeness (QED) is 0.687. The molecule has 0 aliphatic carbocycles. The summed E-state index contributed by atoms with van der Waals surface area (Å²) in [6.07, 6.45) is 1.65. The summed E-state index contributed by atoms with van der Waals surface area (Å²) in [5.41, 5.74) is 5.54. The number of carbonyl (C=O) groups is 1. The molecule has 0 atom stereocenters. The molecule has 0 bridgehead atoms. The number of nitrogens with zero attached hydrogens (tertiary/aromatic N) is 2. The number of carbonyl (C=O) groups excluding carboxylic acids is 1. The summed E-state index contributed by atoms with van der Waals surface area (Å²) in [5.74, 6) is -0.242. The molecule has 2 aromatic heterocycles. The second kappa shape index (κ2) is 6.11. The van der Waals surface area contributed by atoms with Gasteiger partial charge in [-0.25, -0.2) is 4.98 Å². The van der Waals surface area contributed by atoms with Crippen LogP contribution in [0.15, 0.2) is 24.4 Å². The van der Waals surface area contributed by atoms with Crippen molar-refractivity contribution < 1.29 is 4.79 Å². The minimum Gasteiger partial charge on any atom is -0.320 e. The zero-order chi connectivity index (χ0) is 17.6. The van der Waals surface area contributed by atoms with E-state index in [0.29, 0.717) is 27.1 Å². The average molecular weight is 362 g/mol. The number of benzene rings is 1. The van der Waals surface area contributed by atoms with Crippen LogP contribution in [0.4, 0.5) is 5.69 Å². The highest BCUT2D eigenvalue weighted by Crippen LogP contribution is 2.26. The summed E-state index contributed by atoms with van der Waals surface area (Å²) in [6, 6.07) is 5.69. The molecule has 2 heterocycles. The van der Waals surface area contributed by atoms with Gasteiger partial charge in [0.25, 0.3) is 5.91 Å². The van der Waals surface area contributed by atoms with Gasteiger partial charge < -0.3 is 5.32 Å². The number of imidazole rings is 1. The van der Waals surface area contributed by atoms with Gasteiger partial charge in [-0.2, -0.15) is 0 Å². The van der Waals surface area contributed by atoms with E-state index in [9.17, 15) is 4.79 Å². The van der Waals surface area contributed by atoms with Gasteiger partial charge >= 0.3 is 0 Å². The minimum absolute atomic E-state index is 0.242. The Hall–Kier alpha value is -2.04. The first-order valence-corrected chi connectivity index (χ1v) is 8.26. The third-order valence-electron chi connectivity index (χ3n) is 3.95. The van der Waals surface area contributed by atoms with Gasteiger partial charge in [0.2, 0.25) is 0 Å². The molecule has 0 saturated heterocycles. The fraction of sp³-hybridized carbons (Fsp3) is 0.222. The molecular weight excluding hydrogens is 345 g/mol. The van der Waals surface area contributed by atoms with Crippen LogP contribution in [0.25, 0.3) is 5.65 Å². The third-order valence-corrected chi connectivity index (χ3v) is 4.43. The maximum atomic E-state index is 12.9. The summed E-state index contributed by atoms with van der Waals surface area (Å²) in [7, 11) is 0. The molecule has 0 radical (unpaired) electrons. The molecular formula is C18H17Cl2N3O. The van der Waals surface area contributed by atoms with Gasteiger partial charge in [-0.1, -0.05) is 40.9 Å². The van der Waals surface area contributed by atoms with Crippen molar-refractivity contribution in [3.05, 3.63) is 62.5 Å². The summed E-state index contributed by atoms with van der Waals surface area (Å²) < 4.78 is 1.63. The van der Waals surface area contributed by atoms with Crippen molar-refractivity contribution in [3.8, 4) is 0 Å². The minimum atomic E-state index is -0.242. The zero-order valence-corrected chi connectivity index (χ0v) is 15.4. The molecule has 0 saturated carbocycles. The Kier molecular flexibility index (Phi) is 4.28. The van der Waals surface area contributed by atoms with E-state index in [0.717, 1.165) is 22.4 Å². The van der Waals surface area contributed by atoms with E-state index in [1.54, 1.807) is 23.6 Å². The van der Waals surface area contributed by atoms with Crippen LogP contribution >= 0.6 is 23.2 Å². The molecule has 1 N–H and O–H groups in total. The highest BCUT2D eigenvalue weighted by atomic mass is 35.5. The Balaban J connectivity index is 2.09. The van der Waals surface area contributed by atoms with Gasteiger partial charge in [-0.05, 0) is 44.9 Å². The van der Waals surface area contributed by atoms with Crippen molar-refractivity contribution in [2.45, 2.75) is 27.7 Å². The van der Waals surface area contributed by atoms with Crippen molar-refractivity contribution in [1.29, 1.82) is 0 Å². The standard InChI is InChI=1S/C18H17Cl2N3O/c1-9-5-10(2)15(11(3)6-9)22-18(24)16-12(4)21-17-14(20)7-13(19)8-23(16)17/h5-8H,1-4H3,(H,22,24). The van der Waals surface area contributed by atoms with E-state index in [2.05, 4.69) is 10.3 Å². The Bertz CT molecular complexity index is 953. The van der Waals surface area contributed by atoms with Gasteiger partial charge in [0, 0.05) is 11.9 Å². The number of anilines is 1. The molecule has 1 amide bonds. The first kappa shape index (κ1) is 16.8. The number of pyridine rings is 1. The SMILES string of the molecule is Cc1cc(C)c(NC(=O)c2c(C)nc3c(Cl)cc(Cl)cn23)c(C)c1. The van der Waals surface area contributed by atoms with Gasteiger partial charge in [0.05, 0.1) is 15.7 Å². The van der Waals surface area contributed by atoms with Gasteiger partial charge in [-0.3, -0.25) is 9.20 Å². The highest BCUT2D eigenvalue weighted by Gasteiger charge is 2.20. The molecule has 4 nitrogen and oxygen atoms in total. The lowest BCUT2D eigenvalue weighted by atomic mass is 10.0. The van der Waals surface area contributed by atoms with Crippen LogP contribution in [0.1, 0.15) is 32.9 Å². The smallest absolute Gasteiger partial charge is 0.274 e. The lowest BCUT2D eigenvalue weighted by Crippen LogP contribution is -2.17. The summed E-state index contributed by atoms with van der Waals surface area (Å²) in [6.45, 7) is 7.76. The predicted octanol–water partition coefficient (Wildman–Crippen LogP) is 5.13. The molecule has 6 heteroatoms. The summed E-state index contributed by atoms with van der Waals surface area (Å²) in [4.78, 5) is 17.3. The van der Waals surface area contributed by atoms with Crippen molar-refractivity contribution in [2.24, 2.45) is 0 Å². The van der Waals surface area contributed by atoms with E-state index in [4.69, 9.17) is 23.2 Å². The number of aromatic nitrogens is 2. The van der Waals surface area contributed by atoms with Crippen LogP contribution in [-0.4, -0.2) is 15.3 Å². The maximum Gasteiger partial charge on any atom is 0.274 e. The Morgan fingerprint density at radius 2 is 1.71 bits per heavy atom. The first-order chi connectivity index (χ1) is 11.3. The average Bonchev–Trinajstić information content (AvgIpc) is 2.79. The number of aryl methyl sites for hydroxylation is 4. The molecule has 1 aromatic carbocycles. The molecule has 3 aromatic rings. The molecule has 24 heavy (non-hydrogen) atoms. The monoisotopic (exact) mass is 361 g/mol. The Morgan fingerprint density at radius 1 is 1.08 bits per heavy atom. The fourth-order valence-corrected chi connectivity index (χ4v) is 3.52. The van der Waals surface area contributed by atoms with Crippen LogP contribution in [0.3, 0.4) is 0 Å². The van der Waals surface area contributed by atoms with E-state index < -0.39 is 0 Å². The predicted molar refractivity (Wildman–Crippen MR) is 98.6 cm³/mol. The normalized spacial score (nSPS) is 11.1. The topological polar surface area (TPSA) is 46.4 Å². The maximum absolute atomic E-state index is 12.9. The largest absolute Gasteiger partial charge is 0.320 e. The van der Waals surface area contributed by atoms with Crippen LogP contribution in [0.2, 0.25) is 10.0 Å². The molecule has 0 spiro atoms.